The first-order chi connectivity index (χ1) is 10.1. The van der Waals surface area contributed by atoms with Crippen molar-refractivity contribution < 1.29 is 19.4 Å². The smallest absolute Gasteiger partial charge is 0.328 e. The van der Waals surface area contributed by atoms with Crippen LogP contribution in [-0.4, -0.2) is 52.3 Å². The molecule has 1 N–H and O–H groups in total. The zero-order valence-corrected chi connectivity index (χ0v) is 11.7. The summed E-state index contributed by atoms with van der Waals surface area (Å²) in [6.45, 7) is 0.680. The summed E-state index contributed by atoms with van der Waals surface area (Å²) in [5.41, 5.74) is 1.34. The number of ether oxygens (including phenoxy) is 1. The summed E-state index contributed by atoms with van der Waals surface area (Å²) in [5.74, 6) is -1.31. The average Bonchev–Trinajstić information content (AvgIpc) is 2.88. The summed E-state index contributed by atoms with van der Waals surface area (Å²) >= 11 is 0. The maximum absolute atomic E-state index is 12.8. The zero-order valence-electron chi connectivity index (χ0n) is 11.7. The molecule has 0 aliphatic carbocycles. The number of rotatable bonds is 2. The average molecular weight is 288 g/mol. The first kappa shape index (κ1) is 13.6. The van der Waals surface area contributed by atoms with Crippen LogP contribution in [0.3, 0.4) is 0 Å². The molecule has 1 aromatic carbocycles. The molecule has 3 rings (SSSR count). The number of morpholine rings is 1. The number of hydrogen-bond acceptors (Lipinski definition) is 3. The van der Waals surface area contributed by atoms with Crippen LogP contribution in [-0.2, 0) is 16.6 Å². The number of carboxylic acid groups (broad SMARTS) is 1. The van der Waals surface area contributed by atoms with E-state index in [0.29, 0.717) is 12.2 Å². The third-order valence-corrected chi connectivity index (χ3v) is 3.80. The van der Waals surface area contributed by atoms with Gasteiger partial charge in [0.25, 0.3) is 5.91 Å². The highest BCUT2D eigenvalue weighted by Crippen LogP contribution is 2.22. The standard InChI is InChI=1S/C15H16N2O4/c1-16-6-5-10-3-2-4-11(13(10)16)14(18)17-7-8-21-9-12(17)15(19)20/h2-6,12H,7-9H2,1H3,(H,19,20). The van der Waals surface area contributed by atoms with Gasteiger partial charge in [-0.15, -0.1) is 0 Å². The molecule has 1 atom stereocenters. The lowest BCUT2D eigenvalue weighted by atomic mass is 10.1. The van der Waals surface area contributed by atoms with Gasteiger partial charge in [-0.25, -0.2) is 4.79 Å². The van der Waals surface area contributed by atoms with E-state index in [0.717, 1.165) is 10.9 Å². The van der Waals surface area contributed by atoms with Gasteiger partial charge in [0.1, 0.15) is 0 Å². The Morgan fingerprint density at radius 3 is 2.90 bits per heavy atom. The number of aromatic nitrogens is 1. The second-order valence-corrected chi connectivity index (χ2v) is 5.10. The first-order valence-corrected chi connectivity index (χ1v) is 6.75. The van der Waals surface area contributed by atoms with Gasteiger partial charge in [-0.2, -0.15) is 0 Å². The quantitative estimate of drug-likeness (QED) is 0.898. The molecule has 0 bridgehead atoms. The lowest BCUT2D eigenvalue weighted by molar-refractivity contribution is -0.147. The van der Waals surface area contributed by atoms with E-state index in [2.05, 4.69) is 0 Å². The Labute approximate surface area is 121 Å². The van der Waals surface area contributed by atoms with Gasteiger partial charge in [0.2, 0.25) is 0 Å². The molecule has 0 saturated carbocycles. The van der Waals surface area contributed by atoms with Crippen molar-refractivity contribution in [2.45, 2.75) is 6.04 Å². The van der Waals surface area contributed by atoms with Crippen molar-refractivity contribution in [3.63, 3.8) is 0 Å². The zero-order chi connectivity index (χ0) is 15.0. The molecule has 1 aromatic heterocycles. The largest absolute Gasteiger partial charge is 0.480 e. The van der Waals surface area contributed by atoms with Gasteiger partial charge in [-0.3, -0.25) is 4.79 Å². The fraction of sp³-hybridized carbons (Fsp3) is 0.333. The summed E-state index contributed by atoms with van der Waals surface area (Å²) in [7, 11) is 1.87. The lowest BCUT2D eigenvalue weighted by Crippen LogP contribution is -2.52. The third-order valence-electron chi connectivity index (χ3n) is 3.80. The van der Waals surface area contributed by atoms with Gasteiger partial charge in [0.05, 0.1) is 24.3 Å². The maximum atomic E-state index is 12.8. The third kappa shape index (κ3) is 2.27. The van der Waals surface area contributed by atoms with E-state index >= 15 is 0 Å². The van der Waals surface area contributed by atoms with Crippen LogP contribution in [0.15, 0.2) is 30.5 Å². The number of carbonyl (C=O) groups excluding carboxylic acids is 1. The fourth-order valence-corrected chi connectivity index (χ4v) is 2.73. The first-order valence-electron chi connectivity index (χ1n) is 6.75. The second-order valence-electron chi connectivity index (χ2n) is 5.10. The van der Waals surface area contributed by atoms with Gasteiger partial charge in [-0.1, -0.05) is 12.1 Å². The van der Waals surface area contributed by atoms with E-state index in [4.69, 9.17) is 4.74 Å². The number of amides is 1. The van der Waals surface area contributed by atoms with Crippen LogP contribution in [0.4, 0.5) is 0 Å². The minimum Gasteiger partial charge on any atom is -0.480 e. The predicted molar refractivity (Wildman–Crippen MR) is 76.2 cm³/mol. The molecular formula is C15H16N2O4. The minimum absolute atomic E-state index is 0.0319. The molecule has 2 heterocycles. The molecule has 6 heteroatoms. The molecule has 0 spiro atoms. The van der Waals surface area contributed by atoms with E-state index in [1.165, 1.54) is 4.90 Å². The number of hydrogen-bond donors (Lipinski definition) is 1. The molecule has 1 unspecified atom stereocenters. The molecule has 1 aliphatic heterocycles. The molecule has 110 valence electrons. The molecule has 1 amide bonds. The number of para-hydroxylation sites is 1. The van der Waals surface area contributed by atoms with Crippen LogP contribution >= 0.6 is 0 Å². The number of benzene rings is 1. The van der Waals surface area contributed by atoms with Gasteiger partial charge in [0.15, 0.2) is 6.04 Å². The predicted octanol–water partition coefficient (Wildman–Crippen LogP) is 1.10. The monoisotopic (exact) mass is 288 g/mol. The number of fused-ring (bicyclic) bond motifs is 1. The number of aliphatic carboxylic acids is 1. The molecule has 0 radical (unpaired) electrons. The number of nitrogens with zero attached hydrogens (tertiary/aromatic N) is 2. The molecule has 21 heavy (non-hydrogen) atoms. The van der Waals surface area contributed by atoms with Gasteiger partial charge >= 0.3 is 5.97 Å². The van der Waals surface area contributed by atoms with Crippen LogP contribution < -0.4 is 0 Å². The fourth-order valence-electron chi connectivity index (χ4n) is 2.73. The van der Waals surface area contributed by atoms with Crippen molar-refractivity contribution in [2.24, 2.45) is 7.05 Å². The molecule has 2 aromatic rings. The second kappa shape index (κ2) is 5.21. The molecular weight excluding hydrogens is 272 g/mol. The van der Waals surface area contributed by atoms with E-state index in [-0.39, 0.29) is 19.1 Å². The summed E-state index contributed by atoms with van der Waals surface area (Å²) in [6, 6.07) is 6.48. The molecule has 1 aliphatic rings. The lowest BCUT2D eigenvalue weighted by Gasteiger charge is -2.33. The van der Waals surface area contributed by atoms with Crippen LogP contribution in [0.25, 0.3) is 10.9 Å². The van der Waals surface area contributed by atoms with Crippen molar-refractivity contribution in [3.05, 3.63) is 36.0 Å². The van der Waals surface area contributed by atoms with Crippen molar-refractivity contribution in [1.82, 2.24) is 9.47 Å². The Hall–Kier alpha value is -2.34. The van der Waals surface area contributed by atoms with Crippen LogP contribution in [0.1, 0.15) is 10.4 Å². The highest BCUT2D eigenvalue weighted by molar-refractivity contribution is 6.07. The summed E-state index contributed by atoms with van der Waals surface area (Å²) < 4.78 is 7.05. The summed E-state index contributed by atoms with van der Waals surface area (Å²) in [4.78, 5) is 25.5. The van der Waals surface area contributed by atoms with Crippen LogP contribution in [0.2, 0.25) is 0 Å². The summed E-state index contributed by atoms with van der Waals surface area (Å²) in [5, 5.41) is 10.2. The Balaban J connectivity index is 2.03. The Bertz CT molecular complexity index is 707. The van der Waals surface area contributed by atoms with Crippen molar-refractivity contribution in [1.29, 1.82) is 0 Å². The van der Waals surface area contributed by atoms with Gasteiger partial charge in [0, 0.05) is 25.2 Å². The number of carboxylic acids is 1. The van der Waals surface area contributed by atoms with Crippen LogP contribution in [0, 0.1) is 0 Å². The Morgan fingerprint density at radius 2 is 2.14 bits per heavy atom. The molecule has 1 saturated heterocycles. The highest BCUT2D eigenvalue weighted by Gasteiger charge is 2.34. The van der Waals surface area contributed by atoms with E-state index in [1.807, 2.05) is 36.0 Å². The van der Waals surface area contributed by atoms with E-state index in [1.54, 1.807) is 6.07 Å². The molecule has 6 nitrogen and oxygen atoms in total. The van der Waals surface area contributed by atoms with Gasteiger partial charge in [-0.05, 0) is 12.1 Å². The normalized spacial score (nSPS) is 18.9. The minimum atomic E-state index is -1.04. The maximum Gasteiger partial charge on any atom is 0.328 e. The molecule has 1 fully saturated rings. The topological polar surface area (TPSA) is 71.8 Å². The number of aryl methyl sites for hydroxylation is 1. The van der Waals surface area contributed by atoms with Crippen molar-refractivity contribution >= 4 is 22.8 Å². The summed E-state index contributed by atoms with van der Waals surface area (Å²) in [6.07, 6.45) is 1.88. The Kier molecular flexibility index (Phi) is 3.39. The SMILES string of the molecule is Cn1ccc2cccc(C(=O)N3CCOCC3C(=O)O)c21. The van der Waals surface area contributed by atoms with Crippen LogP contribution in [0.5, 0.6) is 0 Å². The van der Waals surface area contributed by atoms with Crippen molar-refractivity contribution in [3.8, 4) is 0 Å². The van der Waals surface area contributed by atoms with E-state index in [9.17, 15) is 14.7 Å². The number of carbonyl (C=O) groups is 2. The van der Waals surface area contributed by atoms with Gasteiger partial charge < -0.3 is 19.3 Å². The highest BCUT2D eigenvalue weighted by atomic mass is 16.5. The Morgan fingerprint density at radius 1 is 1.33 bits per heavy atom. The van der Waals surface area contributed by atoms with Crippen molar-refractivity contribution in [2.75, 3.05) is 19.8 Å². The van der Waals surface area contributed by atoms with E-state index < -0.39 is 12.0 Å².